The summed E-state index contributed by atoms with van der Waals surface area (Å²) in [5, 5.41) is 13.3. The van der Waals surface area contributed by atoms with Crippen molar-refractivity contribution in [1.82, 2.24) is 24.8 Å². The molecule has 106 valence electrons. The lowest BCUT2D eigenvalue weighted by Gasteiger charge is -2.02. The van der Waals surface area contributed by atoms with Crippen molar-refractivity contribution in [3.63, 3.8) is 0 Å². The van der Waals surface area contributed by atoms with E-state index in [2.05, 4.69) is 25.0 Å². The van der Waals surface area contributed by atoms with Crippen LogP contribution < -0.4 is 0 Å². The SMILES string of the molecule is COC(=O)CSc1ccc2nnc(-c3ccccn3)n2n1. The van der Waals surface area contributed by atoms with E-state index in [0.29, 0.717) is 22.2 Å². The molecule has 3 rings (SSSR count). The molecule has 21 heavy (non-hydrogen) atoms. The molecule has 3 heterocycles. The highest BCUT2D eigenvalue weighted by atomic mass is 32.2. The van der Waals surface area contributed by atoms with Crippen LogP contribution in [0.15, 0.2) is 41.6 Å². The van der Waals surface area contributed by atoms with Crippen molar-refractivity contribution in [3.05, 3.63) is 36.5 Å². The van der Waals surface area contributed by atoms with Gasteiger partial charge in [-0.2, -0.15) is 9.61 Å². The van der Waals surface area contributed by atoms with Gasteiger partial charge in [-0.1, -0.05) is 17.8 Å². The Balaban J connectivity index is 1.95. The molecule has 0 spiro atoms. The van der Waals surface area contributed by atoms with Gasteiger partial charge in [0.05, 0.1) is 12.9 Å². The van der Waals surface area contributed by atoms with Crippen LogP contribution in [0, 0.1) is 0 Å². The molecule has 0 atom stereocenters. The van der Waals surface area contributed by atoms with E-state index < -0.39 is 0 Å². The maximum absolute atomic E-state index is 11.2. The number of nitrogens with zero attached hydrogens (tertiary/aromatic N) is 5. The van der Waals surface area contributed by atoms with Crippen molar-refractivity contribution in [2.75, 3.05) is 12.9 Å². The Bertz CT molecular complexity index is 775. The molecule has 7 nitrogen and oxygen atoms in total. The van der Waals surface area contributed by atoms with Crippen LogP contribution in [0.25, 0.3) is 17.2 Å². The van der Waals surface area contributed by atoms with E-state index in [-0.39, 0.29) is 11.7 Å². The van der Waals surface area contributed by atoms with Crippen molar-refractivity contribution in [2.24, 2.45) is 0 Å². The van der Waals surface area contributed by atoms with Crippen molar-refractivity contribution in [2.45, 2.75) is 5.03 Å². The zero-order valence-corrected chi connectivity index (χ0v) is 11.9. The second kappa shape index (κ2) is 5.88. The molecule has 0 aliphatic heterocycles. The minimum atomic E-state index is -0.296. The fourth-order valence-corrected chi connectivity index (χ4v) is 2.38. The van der Waals surface area contributed by atoms with Crippen molar-refractivity contribution < 1.29 is 9.53 Å². The number of carbonyl (C=O) groups excluding carboxylic acids is 1. The molecule has 0 N–H and O–H groups in total. The molecule has 0 aromatic carbocycles. The van der Waals surface area contributed by atoms with E-state index in [4.69, 9.17) is 0 Å². The first-order chi connectivity index (χ1) is 10.3. The van der Waals surface area contributed by atoms with E-state index in [0.717, 1.165) is 0 Å². The van der Waals surface area contributed by atoms with Crippen LogP contribution in [0.5, 0.6) is 0 Å². The van der Waals surface area contributed by atoms with Gasteiger partial charge in [0, 0.05) is 6.20 Å². The standard InChI is InChI=1S/C13H11N5O2S/c1-20-12(19)8-21-11-6-5-10-15-16-13(18(10)17-11)9-4-2-3-7-14-9/h2-7H,8H2,1H3. The number of fused-ring (bicyclic) bond motifs is 1. The molecule has 0 aliphatic rings. The highest BCUT2D eigenvalue weighted by Crippen LogP contribution is 2.19. The molecule has 0 amide bonds. The Kier molecular flexibility index (Phi) is 3.78. The predicted molar refractivity (Wildman–Crippen MR) is 76.8 cm³/mol. The fraction of sp³-hybridized carbons (Fsp3) is 0.154. The smallest absolute Gasteiger partial charge is 0.316 e. The monoisotopic (exact) mass is 301 g/mol. The van der Waals surface area contributed by atoms with E-state index in [1.807, 2.05) is 18.2 Å². The van der Waals surface area contributed by atoms with E-state index in [1.54, 1.807) is 22.8 Å². The summed E-state index contributed by atoms with van der Waals surface area (Å²) in [6.07, 6.45) is 1.69. The number of esters is 1. The van der Waals surface area contributed by atoms with Crippen LogP contribution in [0.4, 0.5) is 0 Å². The quantitative estimate of drug-likeness (QED) is 0.533. The van der Waals surface area contributed by atoms with Gasteiger partial charge >= 0.3 is 5.97 Å². The summed E-state index contributed by atoms with van der Waals surface area (Å²) >= 11 is 1.29. The van der Waals surface area contributed by atoms with Gasteiger partial charge in [-0.3, -0.25) is 9.78 Å². The summed E-state index contributed by atoms with van der Waals surface area (Å²) in [6, 6.07) is 9.13. The number of hydrogen-bond acceptors (Lipinski definition) is 7. The Morgan fingerprint density at radius 2 is 2.19 bits per heavy atom. The van der Waals surface area contributed by atoms with E-state index >= 15 is 0 Å². The molecule has 0 saturated heterocycles. The molecule has 0 aliphatic carbocycles. The molecular formula is C13H11N5O2S. The molecule has 0 unspecified atom stereocenters. The van der Waals surface area contributed by atoms with Gasteiger partial charge in [0.25, 0.3) is 0 Å². The molecule has 8 heteroatoms. The number of pyridine rings is 1. The summed E-state index contributed by atoms with van der Waals surface area (Å²) < 4.78 is 6.22. The molecule has 0 saturated carbocycles. The third-order valence-corrected chi connectivity index (χ3v) is 3.59. The lowest BCUT2D eigenvalue weighted by atomic mass is 10.3. The molecule has 3 aromatic heterocycles. The van der Waals surface area contributed by atoms with E-state index in [9.17, 15) is 4.79 Å². The number of thioether (sulfide) groups is 1. The van der Waals surface area contributed by atoms with Crippen LogP contribution in [0.3, 0.4) is 0 Å². The van der Waals surface area contributed by atoms with Crippen molar-refractivity contribution >= 4 is 23.4 Å². The maximum Gasteiger partial charge on any atom is 0.316 e. The van der Waals surface area contributed by atoms with Gasteiger partial charge in [0.15, 0.2) is 5.65 Å². The van der Waals surface area contributed by atoms with Crippen LogP contribution >= 0.6 is 11.8 Å². The fourth-order valence-electron chi connectivity index (χ4n) is 1.70. The van der Waals surface area contributed by atoms with Gasteiger partial charge in [0.1, 0.15) is 10.7 Å². The zero-order valence-electron chi connectivity index (χ0n) is 11.1. The van der Waals surface area contributed by atoms with Crippen LogP contribution in [0.2, 0.25) is 0 Å². The zero-order chi connectivity index (χ0) is 14.7. The highest BCUT2D eigenvalue weighted by molar-refractivity contribution is 7.99. The van der Waals surface area contributed by atoms with Crippen LogP contribution in [-0.2, 0) is 9.53 Å². The topological polar surface area (TPSA) is 82.3 Å². The first-order valence-corrected chi connectivity index (χ1v) is 7.10. The number of methoxy groups -OCH3 is 1. The lowest BCUT2D eigenvalue weighted by molar-refractivity contribution is -0.137. The van der Waals surface area contributed by atoms with Crippen LogP contribution in [-0.4, -0.2) is 43.6 Å². The lowest BCUT2D eigenvalue weighted by Crippen LogP contribution is -2.04. The van der Waals surface area contributed by atoms with Crippen molar-refractivity contribution in [3.8, 4) is 11.5 Å². The summed E-state index contributed by atoms with van der Waals surface area (Å²) in [5.74, 6) is 0.470. The minimum Gasteiger partial charge on any atom is -0.468 e. The normalized spacial score (nSPS) is 10.7. The van der Waals surface area contributed by atoms with Gasteiger partial charge in [-0.15, -0.1) is 10.2 Å². The maximum atomic E-state index is 11.2. The Hall–Kier alpha value is -2.48. The van der Waals surface area contributed by atoms with Crippen LogP contribution in [0.1, 0.15) is 0 Å². The number of carbonyl (C=O) groups is 1. The Labute approximate surface area is 124 Å². The van der Waals surface area contributed by atoms with Gasteiger partial charge in [-0.05, 0) is 24.3 Å². The summed E-state index contributed by atoms with van der Waals surface area (Å²) in [4.78, 5) is 15.4. The summed E-state index contributed by atoms with van der Waals surface area (Å²) in [6.45, 7) is 0. The second-order valence-electron chi connectivity index (χ2n) is 4.04. The third kappa shape index (κ3) is 2.84. The third-order valence-electron chi connectivity index (χ3n) is 2.70. The Morgan fingerprint density at radius 3 is 2.95 bits per heavy atom. The first-order valence-electron chi connectivity index (χ1n) is 6.11. The van der Waals surface area contributed by atoms with Gasteiger partial charge < -0.3 is 4.74 Å². The summed E-state index contributed by atoms with van der Waals surface area (Å²) in [5.41, 5.74) is 1.31. The number of hydrogen-bond donors (Lipinski definition) is 0. The first kappa shape index (κ1) is 13.5. The molecule has 0 bridgehead atoms. The van der Waals surface area contributed by atoms with Gasteiger partial charge in [0.2, 0.25) is 5.82 Å². The Morgan fingerprint density at radius 1 is 1.29 bits per heavy atom. The van der Waals surface area contributed by atoms with E-state index in [1.165, 1.54) is 18.9 Å². The molecule has 0 fully saturated rings. The average Bonchev–Trinajstić information content (AvgIpc) is 2.96. The number of rotatable bonds is 4. The molecular weight excluding hydrogens is 290 g/mol. The van der Waals surface area contributed by atoms with Gasteiger partial charge in [-0.25, -0.2) is 0 Å². The average molecular weight is 301 g/mol. The number of aromatic nitrogens is 5. The molecule has 0 radical (unpaired) electrons. The largest absolute Gasteiger partial charge is 0.468 e. The highest BCUT2D eigenvalue weighted by Gasteiger charge is 2.11. The van der Waals surface area contributed by atoms with Crippen molar-refractivity contribution in [1.29, 1.82) is 0 Å². The second-order valence-corrected chi connectivity index (χ2v) is 5.04. The minimum absolute atomic E-state index is 0.204. The number of ether oxygens (including phenoxy) is 1. The predicted octanol–water partition coefficient (Wildman–Crippen LogP) is 1.45. The summed E-state index contributed by atoms with van der Waals surface area (Å²) in [7, 11) is 1.36. The molecule has 3 aromatic rings.